The van der Waals surface area contributed by atoms with Gasteiger partial charge in [0.15, 0.2) is 0 Å². The van der Waals surface area contributed by atoms with E-state index in [4.69, 9.17) is 11.6 Å². The highest BCUT2D eigenvalue weighted by Gasteiger charge is 2.39. The lowest BCUT2D eigenvalue weighted by Crippen LogP contribution is -2.49. The van der Waals surface area contributed by atoms with Crippen LogP contribution < -0.4 is 4.90 Å². The van der Waals surface area contributed by atoms with Crippen LogP contribution in [0.1, 0.15) is 13.3 Å². The number of hydrogen-bond acceptors (Lipinski definition) is 3. The van der Waals surface area contributed by atoms with Gasteiger partial charge in [-0.2, -0.15) is 17.5 Å². The highest BCUT2D eigenvalue weighted by Crippen LogP contribution is 2.37. The molecular weight excluding hydrogens is 401 g/mol. The van der Waals surface area contributed by atoms with E-state index in [1.165, 1.54) is 10.4 Å². The van der Waals surface area contributed by atoms with Gasteiger partial charge < -0.3 is 4.90 Å². The van der Waals surface area contributed by atoms with Crippen LogP contribution in [0.25, 0.3) is 0 Å². The third kappa shape index (κ3) is 4.33. The number of benzene rings is 1. The summed E-state index contributed by atoms with van der Waals surface area (Å²) in [6.07, 6.45) is -2.55. The average molecular weight is 421 g/mol. The van der Waals surface area contributed by atoms with Gasteiger partial charge in [0.2, 0.25) is 10.0 Å². The van der Waals surface area contributed by atoms with Gasteiger partial charge in [0, 0.05) is 31.8 Å². The molecule has 0 amide bonds. The summed E-state index contributed by atoms with van der Waals surface area (Å²) >= 11 is 6.18. The van der Waals surface area contributed by atoms with E-state index in [0.29, 0.717) is 18.1 Å². The first-order chi connectivity index (χ1) is 12.6. The maximum atomic E-state index is 13.1. The van der Waals surface area contributed by atoms with E-state index < -0.39 is 27.7 Å². The Morgan fingerprint density at radius 1 is 1.11 bits per heavy atom. The Morgan fingerprint density at radius 3 is 2.33 bits per heavy atom. The third-order valence-electron chi connectivity index (χ3n) is 4.74. The van der Waals surface area contributed by atoms with E-state index >= 15 is 0 Å². The van der Waals surface area contributed by atoms with Gasteiger partial charge in [-0.1, -0.05) is 36.7 Å². The molecule has 0 spiro atoms. The van der Waals surface area contributed by atoms with E-state index in [-0.39, 0.29) is 24.4 Å². The summed E-state index contributed by atoms with van der Waals surface area (Å²) in [6.45, 7) is 2.80. The molecule has 1 aliphatic heterocycles. The fourth-order valence-corrected chi connectivity index (χ4v) is 5.24. The van der Waals surface area contributed by atoms with Crippen molar-refractivity contribution < 1.29 is 21.6 Å². The lowest BCUT2D eigenvalue weighted by Gasteiger charge is -2.36. The van der Waals surface area contributed by atoms with Crippen molar-refractivity contribution >= 4 is 27.3 Å². The monoisotopic (exact) mass is 420 g/mol. The molecule has 148 valence electrons. The number of piperazine rings is 1. The molecular formula is C18H20ClF3N2O2S. The maximum Gasteiger partial charge on any atom is 0.412 e. The van der Waals surface area contributed by atoms with Crippen LogP contribution in [0.15, 0.2) is 46.9 Å². The molecule has 2 aliphatic rings. The molecule has 0 bridgehead atoms. The first-order valence-corrected chi connectivity index (χ1v) is 10.4. The smallest absolute Gasteiger partial charge is 0.368 e. The number of anilines is 1. The molecule has 1 aromatic carbocycles. The molecule has 1 fully saturated rings. The minimum absolute atomic E-state index is 0.189. The molecule has 1 aromatic rings. The summed E-state index contributed by atoms with van der Waals surface area (Å²) in [6, 6.07) is 7.28. The predicted octanol–water partition coefficient (Wildman–Crippen LogP) is 4.20. The Morgan fingerprint density at radius 2 is 1.74 bits per heavy atom. The SMILES string of the molecule is C[C@H]1C=C(S(=O)(=O)N2CCN(c3ccccc3Cl)CC2)C=C(C(F)(F)F)C1. The first kappa shape index (κ1) is 20.2. The van der Waals surface area contributed by atoms with Gasteiger partial charge in [0.25, 0.3) is 0 Å². The van der Waals surface area contributed by atoms with Gasteiger partial charge in [-0.25, -0.2) is 8.42 Å². The number of rotatable bonds is 3. The minimum atomic E-state index is -4.52. The Bertz CT molecular complexity index is 873. The fraction of sp³-hybridized carbons (Fsp3) is 0.444. The van der Waals surface area contributed by atoms with Crippen LogP contribution in [0.2, 0.25) is 5.02 Å². The molecule has 27 heavy (non-hydrogen) atoms. The van der Waals surface area contributed by atoms with Gasteiger partial charge in [0.05, 0.1) is 15.6 Å². The molecule has 1 atom stereocenters. The average Bonchev–Trinajstić information content (AvgIpc) is 2.61. The van der Waals surface area contributed by atoms with Crippen molar-refractivity contribution in [2.75, 3.05) is 31.1 Å². The Kier molecular flexibility index (Phi) is 5.61. The summed E-state index contributed by atoms with van der Waals surface area (Å²) in [5.41, 5.74) is 0.0201. The molecule has 0 aromatic heterocycles. The molecule has 1 saturated heterocycles. The zero-order valence-electron chi connectivity index (χ0n) is 14.7. The van der Waals surface area contributed by atoms with Crippen LogP contribution in [0.3, 0.4) is 0 Å². The van der Waals surface area contributed by atoms with Crippen molar-refractivity contribution in [3.63, 3.8) is 0 Å². The molecule has 3 rings (SSSR count). The standard InChI is InChI=1S/C18H20ClF3N2O2S/c1-13-10-14(18(20,21)22)12-15(11-13)27(25,26)24-8-6-23(7-9-24)17-5-3-2-4-16(17)19/h2-5,11-13H,6-10H2,1H3/t13-/m1/s1. The molecule has 9 heteroatoms. The lowest BCUT2D eigenvalue weighted by atomic mass is 9.95. The summed E-state index contributed by atoms with van der Waals surface area (Å²) in [7, 11) is -3.97. The molecule has 0 radical (unpaired) electrons. The van der Waals surface area contributed by atoms with Crippen LogP contribution in [-0.2, 0) is 10.0 Å². The number of nitrogens with zero attached hydrogens (tertiary/aromatic N) is 2. The van der Waals surface area contributed by atoms with Crippen LogP contribution in [-0.4, -0.2) is 45.1 Å². The second-order valence-corrected chi connectivity index (χ2v) is 9.11. The highest BCUT2D eigenvalue weighted by atomic mass is 35.5. The molecule has 1 aliphatic carbocycles. The number of para-hydroxylation sites is 1. The van der Waals surface area contributed by atoms with Crippen molar-refractivity contribution in [2.45, 2.75) is 19.5 Å². The van der Waals surface area contributed by atoms with Crippen molar-refractivity contribution in [2.24, 2.45) is 5.92 Å². The van der Waals surface area contributed by atoms with Crippen molar-refractivity contribution in [1.82, 2.24) is 4.31 Å². The van der Waals surface area contributed by atoms with Crippen molar-refractivity contribution in [1.29, 1.82) is 0 Å². The van der Waals surface area contributed by atoms with E-state index in [2.05, 4.69) is 0 Å². The zero-order chi connectivity index (χ0) is 19.8. The van der Waals surface area contributed by atoms with E-state index in [1.54, 1.807) is 13.0 Å². The van der Waals surface area contributed by atoms with Gasteiger partial charge in [0.1, 0.15) is 0 Å². The molecule has 0 N–H and O–H groups in total. The summed E-state index contributed by atoms with van der Waals surface area (Å²) in [4.78, 5) is 1.71. The van der Waals surface area contributed by atoms with Gasteiger partial charge in [-0.05, 0) is 30.5 Å². The number of hydrogen-bond donors (Lipinski definition) is 0. The first-order valence-electron chi connectivity index (χ1n) is 8.58. The van der Waals surface area contributed by atoms with Crippen LogP contribution in [0.4, 0.5) is 18.9 Å². The van der Waals surface area contributed by atoms with E-state index in [9.17, 15) is 21.6 Å². The normalized spacial score (nSPS) is 22.4. The number of allylic oxidation sites excluding steroid dienone is 3. The lowest BCUT2D eigenvalue weighted by molar-refractivity contribution is -0.0949. The minimum Gasteiger partial charge on any atom is -0.368 e. The topological polar surface area (TPSA) is 40.6 Å². The second-order valence-electron chi connectivity index (χ2n) is 6.76. The summed E-state index contributed by atoms with van der Waals surface area (Å²) in [5, 5.41) is 0.579. The highest BCUT2D eigenvalue weighted by molar-refractivity contribution is 7.93. The largest absolute Gasteiger partial charge is 0.412 e. The maximum absolute atomic E-state index is 13.1. The van der Waals surface area contributed by atoms with Crippen molar-refractivity contribution in [3.8, 4) is 0 Å². The molecule has 0 unspecified atom stereocenters. The molecule has 4 nitrogen and oxygen atoms in total. The Labute approximate surface area is 162 Å². The zero-order valence-corrected chi connectivity index (χ0v) is 16.3. The Balaban J connectivity index is 1.77. The second kappa shape index (κ2) is 7.48. The summed E-state index contributed by atoms with van der Waals surface area (Å²) in [5.74, 6) is -0.485. The van der Waals surface area contributed by atoms with Crippen LogP contribution >= 0.6 is 11.6 Å². The van der Waals surface area contributed by atoms with E-state index in [0.717, 1.165) is 11.8 Å². The third-order valence-corrected chi connectivity index (χ3v) is 6.96. The fourth-order valence-electron chi connectivity index (χ4n) is 3.35. The van der Waals surface area contributed by atoms with Crippen molar-refractivity contribution in [3.05, 3.63) is 51.9 Å². The molecule has 0 saturated carbocycles. The van der Waals surface area contributed by atoms with Gasteiger partial charge >= 0.3 is 6.18 Å². The van der Waals surface area contributed by atoms with Gasteiger partial charge in [-0.15, -0.1) is 0 Å². The summed E-state index contributed by atoms with van der Waals surface area (Å²) < 4.78 is 66.2. The quantitative estimate of drug-likeness (QED) is 0.735. The number of sulfonamides is 1. The van der Waals surface area contributed by atoms with Crippen LogP contribution in [0, 0.1) is 5.92 Å². The predicted molar refractivity (Wildman–Crippen MR) is 100 cm³/mol. The molecule has 1 heterocycles. The van der Waals surface area contributed by atoms with Gasteiger partial charge in [-0.3, -0.25) is 0 Å². The number of alkyl halides is 3. The number of halogens is 4. The van der Waals surface area contributed by atoms with Crippen LogP contribution in [0.5, 0.6) is 0 Å². The van der Waals surface area contributed by atoms with E-state index in [1.807, 2.05) is 23.1 Å². The Hall–Kier alpha value is -1.51.